The van der Waals surface area contributed by atoms with E-state index >= 15 is 0 Å². The Morgan fingerprint density at radius 3 is 1.72 bits per heavy atom. The summed E-state index contributed by atoms with van der Waals surface area (Å²) in [7, 11) is 0. The third-order valence-corrected chi connectivity index (χ3v) is 7.87. The van der Waals surface area contributed by atoms with Crippen molar-refractivity contribution in [2.75, 3.05) is 0 Å². The van der Waals surface area contributed by atoms with Gasteiger partial charge >= 0.3 is 24.3 Å². The predicted octanol–water partition coefficient (Wildman–Crippen LogP) is 8.73. The first-order valence-corrected chi connectivity index (χ1v) is 13.7. The molecule has 0 fully saturated rings. The number of fused-ring (bicyclic) bond motifs is 2. The Hall–Kier alpha value is -5.66. The van der Waals surface area contributed by atoms with Gasteiger partial charge in [0.2, 0.25) is 11.3 Å². The summed E-state index contributed by atoms with van der Waals surface area (Å²) in [6, 6.07) is 13.2. The maximum absolute atomic E-state index is 14.8. The maximum atomic E-state index is 14.8. The van der Waals surface area contributed by atoms with Crippen LogP contribution >= 0.6 is 0 Å². The van der Waals surface area contributed by atoms with Crippen LogP contribution in [0.25, 0.3) is 44.8 Å². The van der Waals surface area contributed by atoms with Crippen molar-refractivity contribution in [2.45, 2.75) is 31.6 Å². The number of hydrogen-bond donors (Lipinski definition) is 2. The van der Waals surface area contributed by atoms with Gasteiger partial charge in [0.1, 0.15) is 11.0 Å². The van der Waals surface area contributed by atoms with Crippen molar-refractivity contribution in [1.29, 1.82) is 0 Å². The summed E-state index contributed by atoms with van der Waals surface area (Å²) in [5.74, 6) is -3.26. The van der Waals surface area contributed by atoms with Crippen molar-refractivity contribution in [3.05, 3.63) is 107 Å². The topological polar surface area (TPSA) is 127 Å². The zero-order valence-corrected chi connectivity index (χ0v) is 24.1. The number of hydrogen-bond acceptors (Lipinski definition) is 6. The first-order chi connectivity index (χ1) is 22.0. The lowest BCUT2D eigenvalue weighted by molar-refractivity contribution is -0.288. The maximum Gasteiger partial charge on any atom is 0.411 e. The van der Waals surface area contributed by atoms with Gasteiger partial charge in [0.25, 0.3) is 0 Å². The van der Waals surface area contributed by atoms with Crippen molar-refractivity contribution < 1.29 is 55.0 Å². The van der Waals surface area contributed by atoms with Crippen LogP contribution in [-0.4, -0.2) is 44.5 Å². The Morgan fingerprint density at radius 1 is 0.638 bits per heavy atom. The van der Waals surface area contributed by atoms with E-state index in [1.54, 1.807) is 43.3 Å². The fourth-order valence-corrected chi connectivity index (χ4v) is 5.70. The number of halogens is 6. The third-order valence-electron chi connectivity index (χ3n) is 7.87. The molecule has 14 heteroatoms. The summed E-state index contributed by atoms with van der Waals surface area (Å²) in [6.07, 6.45) is -12.1. The molecule has 0 unspecified atom stereocenters. The lowest BCUT2D eigenvalue weighted by atomic mass is 9.71. The minimum absolute atomic E-state index is 0.167. The second-order valence-electron chi connectivity index (χ2n) is 10.8. The quantitative estimate of drug-likeness (QED) is 0.171. The van der Waals surface area contributed by atoms with Gasteiger partial charge in [0.15, 0.2) is 17.1 Å². The van der Waals surface area contributed by atoms with Crippen molar-refractivity contribution in [3.63, 3.8) is 0 Å². The standard InChI is InChI=1S/C33H20F6N2O6/c1-15-11-19(5-7-21(15)29(42)43)31(32(34,35)36,33(37,38)39)20-6-8-22(23(14-20)30(44)45)28-41-25-10-4-18(13-27(25)47-28)17-3-9-24-26(12-17)46-16(2)40-24/h3-14H,1-2H3,(H,42,43)(H,44,45). The van der Waals surface area contributed by atoms with E-state index in [1.807, 2.05) is 0 Å². The van der Waals surface area contributed by atoms with Crippen LogP contribution < -0.4 is 0 Å². The van der Waals surface area contributed by atoms with Crippen molar-refractivity contribution in [1.82, 2.24) is 9.97 Å². The number of carboxylic acid groups (broad SMARTS) is 2. The molecule has 240 valence electrons. The average Bonchev–Trinajstić information content (AvgIpc) is 3.57. The average molecular weight is 655 g/mol. The highest BCUT2D eigenvalue weighted by atomic mass is 19.4. The molecule has 47 heavy (non-hydrogen) atoms. The molecule has 6 aromatic rings. The van der Waals surface area contributed by atoms with Crippen LogP contribution in [0.5, 0.6) is 0 Å². The largest absolute Gasteiger partial charge is 0.478 e. The smallest absolute Gasteiger partial charge is 0.411 e. The van der Waals surface area contributed by atoms with Crippen LogP contribution in [0.15, 0.2) is 81.6 Å². The first-order valence-electron chi connectivity index (χ1n) is 13.7. The normalized spacial score (nSPS) is 12.6. The summed E-state index contributed by atoms with van der Waals surface area (Å²) in [5, 5.41) is 19.2. The first kappa shape index (κ1) is 31.3. The molecular formula is C33H20F6N2O6. The van der Waals surface area contributed by atoms with Gasteiger partial charge in [-0.2, -0.15) is 26.3 Å². The minimum atomic E-state index is -6.04. The van der Waals surface area contributed by atoms with Gasteiger partial charge < -0.3 is 19.0 Å². The van der Waals surface area contributed by atoms with Crippen LogP contribution in [0, 0.1) is 13.8 Å². The minimum Gasteiger partial charge on any atom is -0.478 e. The number of oxazole rings is 2. The number of carboxylic acids is 2. The summed E-state index contributed by atoms with van der Waals surface area (Å²) >= 11 is 0. The lowest BCUT2D eigenvalue weighted by Crippen LogP contribution is -2.55. The van der Waals surface area contributed by atoms with Crippen LogP contribution in [0.3, 0.4) is 0 Å². The Bertz CT molecular complexity index is 2220. The molecular weight excluding hydrogens is 634 g/mol. The molecule has 6 rings (SSSR count). The number of benzene rings is 4. The van der Waals surface area contributed by atoms with Gasteiger partial charge in [-0.05, 0) is 77.2 Å². The van der Waals surface area contributed by atoms with Crippen molar-refractivity contribution >= 4 is 34.1 Å². The van der Waals surface area contributed by atoms with Gasteiger partial charge in [-0.1, -0.05) is 30.3 Å². The number of aryl methyl sites for hydroxylation is 2. The van der Waals surface area contributed by atoms with Gasteiger partial charge in [0.05, 0.1) is 16.7 Å². The van der Waals surface area contributed by atoms with Crippen molar-refractivity contribution in [3.8, 4) is 22.6 Å². The molecule has 0 radical (unpaired) electrons. The highest BCUT2D eigenvalue weighted by Gasteiger charge is 2.72. The molecule has 0 aliphatic heterocycles. The second-order valence-corrected chi connectivity index (χ2v) is 10.8. The number of aromatic nitrogens is 2. The second kappa shape index (κ2) is 10.7. The van der Waals surface area contributed by atoms with Crippen LogP contribution in [0.4, 0.5) is 26.3 Å². The molecule has 8 nitrogen and oxygen atoms in total. The molecule has 0 aliphatic carbocycles. The third kappa shape index (κ3) is 5.05. The number of alkyl halides is 6. The van der Waals surface area contributed by atoms with E-state index in [4.69, 9.17) is 8.83 Å². The van der Waals surface area contributed by atoms with Crippen LogP contribution in [-0.2, 0) is 5.41 Å². The molecule has 0 bridgehead atoms. The molecule has 0 atom stereocenters. The molecule has 0 spiro atoms. The van der Waals surface area contributed by atoms with Crippen molar-refractivity contribution in [2.24, 2.45) is 0 Å². The Kier molecular flexibility index (Phi) is 7.14. The zero-order chi connectivity index (χ0) is 34.1. The number of aromatic carboxylic acids is 2. The Labute approximate surface area is 259 Å². The highest BCUT2D eigenvalue weighted by Crippen LogP contribution is 2.56. The zero-order valence-electron chi connectivity index (χ0n) is 24.1. The van der Waals surface area contributed by atoms with Gasteiger partial charge in [0, 0.05) is 6.92 Å². The molecule has 2 heterocycles. The summed E-state index contributed by atoms with van der Waals surface area (Å²) in [5.41, 5.74) is -6.70. The highest BCUT2D eigenvalue weighted by molar-refractivity contribution is 5.96. The number of rotatable bonds is 6. The number of nitrogens with zero attached hydrogens (tertiary/aromatic N) is 2. The van der Waals surface area contributed by atoms with Gasteiger partial charge in [-0.3, -0.25) is 0 Å². The fourth-order valence-electron chi connectivity index (χ4n) is 5.70. The van der Waals surface area contributed by atoms with E-state index in [0.717, 1.165) is 13.0 Å². The molecule has 0 saturated heterocycles. The SMILES string of the molecule is Cc1nc2ccc(-c3ccc4nc(-c5ccc(C(c6ccc(C(=O)O)c(C)c6)(C(F)(F)F)C(F)(F)F)cc5C(=O)O)oc4c3)cc2o1. The number of carbonyl (C=O) groups is 2. The lowest BCUT2D eigenvalue weighted by Gasteiger charge is -2.38. The molecule has 0 saturated carbocycles. The van der Waals surface area contributed by atoms with Gasteiger partial charge in [-0.25, -0.2) is 19.6 Å². The van der Waals surface area contributed by atoms with Crippen LogP contribution in [0.1, 0.15) is 43.3 Å². The van der Waals surface area contributed by atoms with E-state index < -0.39 is 52.0 Å². The van der Waals surface area contributed by atoms with E-state index in [0.29, 0.717) is 52.4 Å². The van der Waals surface area contributed by atoms with Gasteiger partial charge in [-0.15, -0.1) is 0 Å². The molecule has 2 aromatic heterocycles. The van der Waals surface area contributed by atoms with E-state index in [9.17, 15) is 46.1 Å². The predicted molar refractivity (Wildman–Crippen MR) is 155 cm³/mol. The van der Waals surface area contributed by atoms with Crippen LogP contribution in [0.2, 0.25) is 0 Å². The molecule has 4 aromatic carbocycles. The fraction of sp³-hybridized carbons (Fsp3) is 0.152. The Balaban J connectivity index is 1.50. The summed E-state index contributed by atoms with van der Waals surface area (Å²) in [6.45, 7) is 2.76. The molecule has 0 aliphatic rings. The summed E-state index contributed by atoms with van der Waals surface area (Å²) in [4.78, 5) is 32.2. The van der Waals surface area contributed by atoms with E-state index in [1.165, 1.54) is 0 Å². The van der Waals surface area contributed by atoms with E-state index in [2.05, 4.69) is 9.97 Å². The monoisotopic (exact) mass is 654 g/mol. The molecule has 2 N–H and O–H groups in total. The Morgan fingerprint density at radius 2 is 1.17 bits per heavy atom. The summed E-state index contributed by atoms with van der Waals surface area (Å²) < 4.78 is 100.0. The van der Waals surface area contributed by atoms with E-state index in [-0.39, 0.29) is 34.2 Å². The molecule has 0 amide bonds.